The number of aliphatic imine (C=N–C) groups is 1. The summed E-state index contributed by atoms with van der Waals surface area (Å²) in [4.78, 5) is 6.78. The lowest BCUT2D eigenvalue weighted by Gasteiger charge is -2.22. The average molecular weight is 450 g/mol. The van der Waals surface area contributed by atoms with Crippen LogP contribution in [0.3, 0.4) is 0 Å². The summed E-state index contributed by atoms with van der Waals surface area (Å²) in [5.74, 6) is 0.911. The van der Waals surface area contributed by atoms with Crippen LogP contribution in [0.4, 0.5) is 0 Å². The number of nitrogens with zero attached hydrogens (tertiary/aromatic N) is 3. The van der Waals surface area contributed by atoms with Gasteiger partial charge in [-0.3, -0.25) is 4.99 Å². The Morgan fingerprint density at radius 3 is 3.00 bits per heavy atom. The van der Waals surface area contributed by atoms with E-state index in [1.807, 2.05) is 0 Å². The van der Waals surface area contributed by atoms with E-state index in [0.29, 0.717) is 19.8 Å². The number of aromatic nitrogens is 1. The van der Waals surface area contributed by atoms with E-state index < -0.39 is 0 Å². The van der Waals surface area contributed by atoms with Crippen molar-refractivity contribution >= 4 is 29.9 Å². The van der Waals surface area contributed by atoms with Crippen molar-refractivity contribution in [3.8, 4) is 0 Å². The van der Waals surface area contributed by atoms with E-state index >= 15 is 0 Å². The average Bonchev–Trinajstić information content (AvgIpc) is 3.18. The fraction of sp³-hybridized carbons (Fsp3) is 0.706. The molecule has 1 aliphatic heterocycles. The molecule has 1 atom stereocenters. The molecule has 1 aliphatic rings. The standard InChI is InChI=1S/C17H30N4O2.HI/c1-4-18-17(21(3)13-15-7-5-10-20(15)2)19-9-12-22-14-16-8-6-11-23-16;/h5,7,10,16H,4,6,8-9,11-14H2,1-3H3,(H,18,19);1H. The van der Waals surface area contributed by atoms with Gasteiger partial charge in [0.1, 0.15) is 0 Å². The third-order valence-electron chi connectivity index (χ3n) is 3.97. The van der Waals surface area contributed by atoms with Gasteiger partial charge in [0, 0.05) is 39.1 Å². The van der Waals surface area contributed by atoms with Gasteiger partial charge in [0.2, 0.25) is 0 Å². The van der Waals surface area contributed by atoms with Gasteiger partial charge in [-0.1, -0.05) is 0 Å². The molecule has 1 saturated heterocycles. The van der Waals surface area contributed by atoms with Crippen LogP contribution >= 0.6 is 24.0 Å². The highest BCUT2D eigenvalue weighted by atomic mass is 127. The van der Waals surface area contributed by atoms with Crippen LogP contribution in [0.2, 0.25) is 0 Å². The molecule has 2 rings (SSSR count). The maximum Gasteiger partial charge on any atom is 0.194 e. The van der Waals surface area contributed by atoms with Gasteiger partial charge in [-0.25, -0.2) is 0 Å². The van der Waals surface area contributed by atoms with Gasteiger partial charge in [0.05, 0.1) is 32.4 Å². The smallest absolute Gasteiger partial charge is 0.194 e. The molecule has 2 heterocycles. The third kappa shape index (κ3) is 6.98. The number of ether oxygens (including phenoxy) is 2. The summed E-state index contributed by atoms with van der Waals surface area (Å²) in [6.45, 7) is 6.62. The topological polar surface area (TPSA) is 51.0 Å². The predicted molar refractivity (Wildman–Crippen MR) is 108 cm³/mol. The summed E-state index contributed by atoms with van der Waals surface area (Å²) in [5.41, 5.74) is 1.26. The van der Waals surface area contributed by atoms with Crippen molar-refractivity contribution < 1.29 is 9.47 Å². The van der Waals surface area contributed by atoms with E-state index in [2.05, 4.69) is 59.1 Å². The third-order valence-corrected chi connectivity index (χ3v) is 3.97. The number of rotatable bonds is 8. The molecular formula is C17H31IN4O2. The van der Waals surface area contributed by atoms with E-state index in [0.717, 1.165) is 38.5 Å². The molecular weight excluding hydrogens is 419 g/mol. The van der Waals surface area contributed by atoms with Crippen LogP contribution in [0, 0.1) is 0 Å². The van der Waals surface area contributed by atoms with Crippen molar-refractivity contribution in [3.05, 3.63) is 24.0 Å². The van der Waals surface area contributed by atoms with Gasteiger partial charge in [-0.2, -0.15) is 0 Å². The minimum Gasteiger partial charge on any atom is -0.377 e. The second kappa shape index (κ2) is 11.7. The highest BCUT2D eigenvalue weighted by Crippen LogP contribution is 2.11. The summed E-state index contributed by atoms with van der Waals surface area (Å²) >= 11 is 0. The molecule has 0 aliphatic carbocycles. The van der Waals surface area contributed by atoms with Gasteiger partial charge < -0.3 is 24.3 Å². The highest BCUT2D eigenvalue weighted by Gasteiger charge is 2.15. The Morgan fingerprint density at radius 2 is 2.38 bits per heavy atom. The quantitative estimate of drug-likeness (QED) is 0.286. The predicted octanol–water partition coefficient (Wildman–Crippen LogP) is 2.24. The number of hydrogen-bond donors (Lipinski definition) is 1. The molecule has 6 nitrogen and oxygen atoms in total. The fourth-order valence-corrected chi connectivity index (χ4v) is 2.65. The second-order valence-corrected chi connectivity index (χ2v) is 5.91. The van der Waals surface area contributed by atoms with Crippen LogP contribution in [0.15, 0.2) is 23.3 Å². The minimum atomic E-state index is 0. The number of nitrogens with one attached hydrogen (secondary N) is 1. The number of aryl methyl sites for hydroxylation is 1. The van der Waals surface area contributed by atoms with E-state index in [9.17, 15) is 0 Å². The minimum absolute atomic E-state index is 0. The lowest BCUT2D eigenvalue weighted by Crippen LogP contribution is -2.39. The van der Waals surface area contributed by atoms with Crippen LogP contribution in [-0.4, -0.2) is 61.5 Å². The summed E-state index contributed by atoms with van der Waals surface area (Å²) in [7, 11) is 4.12. The Bertz CT molecular complexity index is 487. The molecule has 7 heteroatoms. The van der Waals surface area contributed by atoms with Gasteiger partial charge in [0.25, 0.3) is 0 Å². The van der Waals surface area contributed by atoms with E-state index in [1.54, 1.807) is 0 Å². The fourth-order valence-electron chi connectivity index (χ4n) is 2.65. The first kappa shape index (κ1) is 21.2. The van der Waals surface area contributed by atoms with Crippen molar-refractivity contribution in [2.24, 2.45) is 12.0 Å². The molecule has 1 unspecified atom stereocenters. The summed E-state index contributed by atoms with van der Waals surface area (Å²) in [6, 6.07) is 4.19. The zero-order valence-electron chi connectivity index (χ0n) is 15.0. The Labute approximate surface area is 162 Å². The molecule has 1 N–H and O–H groups in total. The zero-order valence-corrected chi connectivity index (χ0v) is 17.4. The van der Waals surface area contributed by atoms with E-state index in [4.69, 9.17) is 9.47 Å². The Kier molecular flexibility index (Phi) is 10.4. The van der Waals surface area contributed by atoms with Crippen molar-refractivity contribution in [2.75, 3.05) is 40.0 Å². The SMILES string of the molecule is CCNC(=NCCOCC1CCCO1)N(C)Cc1cccn1C.I. The van der Waals surface area contributed by atoms with Crippen LogP contribution in [0.5, 0.6) is 0 Å². The molecule has 0 saturated carbocycles. The number of halogens is 1. The monoisotopic (exact) mass is 450 g/mol. The van der Waals surface area contributed by atoms with Gasteiger partial charge in [-0.15, -0.1) is 24.0 Å². The first-order valence-electron chi connectivity index (χ1n) is 8.49. The largest absolute Gasteiger partial charge is 0.377 e. The zero-order chi connectivity index (χ0) is 16.5. The van der Waals surface area contributed by atoms with Crippen LogP contribution in [0.25, 0.3) is 0 Å². The van der Waals surface area contributed by atoms with Crippen LogP contribution < -0.4 is 5.32 Å². The molecule has 1 fully saturated rings. The lowest BCUT2D eigenvalue weighted by atomic mass is 10.2. The molecule has 24 heavy (non-hydrogen) atoms. The molecule has 138 valence electrons. The van der Waals surface area contributed by atoms with Crippen LogP contribution in [-0.2, 0) is 23.1 Å². The first-order chi connectivity index (χ1) is 11.2. The van der Waals surface area contributed by atoms with Gasteiger partial charge in [-0.05, 0) is 31.9 Å². The Morgan fingerprint density at radius 1 is 1.54 bits per heavy atom. The van der Waals surface area contributed by atoms with E-state index in [-0.39, 0.29) is 30.1 Å². The summed E-state index contributed by atoms with van der Waals surface area (Å²) in [6.07, 6.45) is 4.62. The number of guanidine groups is 1. The van der Waals surface area contributed by atoms with Crippen molar-refractivity contribution in [2.45, 2.75) is 32.4 Å². The maximum absolute atomic E-state index is 5.67. The number of hydrogen-bond acceptors (Lipinski definition) is 3. The van der Waals surface area contributed by atoms with Crippen LogP contribution in [0.1, 0.15) is 25.5 Å². The highest BCUT2D eigenvalue weighted by molar-refractivity contribution is 14.0. The van der Waals surface area contributed by atoms with Gasteiger partial charge >= 0.3 is 0 Å². The maximum atomic E-state index is 5.67. The van der Waals surface area contributed by atoms with Crippen molar-refractivity contribution in [1.29, 1.82) is 0 Å². The Hall–Kier alpha value is -0.800. The van der Waals surface area contributed by atoms with Gasteiger partial charge in [0.15, 0.2) is 5.96 Å². The molecule has 1 aromatic rings. The molecule has 1 aromatic heterocycles. The molecule has 0 amide bonds. The lowest BCUT2D eigenvalue weighted by molar-refractivity contribution is 0.0199. The normalized spacial score (nSPS) is 17.6. The van der Waals surface area contributed by atoms with E-state index in [1.165, 1.54) is 5.69 Å². The van der Waals surface area contributed by atoms with Crippen molar-refractivity contribution in [3.63, 3.8) is 0 Å². The molecule has 0 aromatic carbocycles. The Balaban J connectivity index is 0.00000288. The molecule has 0 bridgehead atoms. The molecule has 0 spiro atoms. The summed E-state index contributed by atoms with van der Waals surface area (Å²) in [5, 5.41) is 3.33. The molecule has 0 radical (unpaired) electrons. The first-order valence-corrected chi connectivity index (χ1v) is 8.49. The van der Waals surface area contributed by atoms with Crippen molar-refractivity contribution in [1.82, 2.24) is 14.8 Å². The second-order valence-electron chi connectivity index (χ2n) is 5.91. The summed E-state index contributed by atoms with van der Waals surface area (Å²) < 4.78 is 13.3.